The van der Waals surface area contributed by atoms with Crippen LogP contribution in [0, 0.1) is 0 Å². The summed E-state index contributed by atoms with van der Waals surface area (Å²) in [5, 5.41) is 3.07. The highest BCUT2D eigenvalue weighted by Crippen LogP contribution is 2.31. The van der Waals surface area contributed by atoms with Crippen molar-refractivity contribution in [2.24, 2.45) is 0 Å². The van der Waals surface area contributed by atoms with Gasteiger partial charge in [-0.3, -0.25) is 9.10 Å². The highest BCUT2D eigenvalue weighted by atomic mass is 35.5. The predicted molar refractivity (Wildman–Crippen MR) is 134 cm³/mol. The molecule has 33 heavy (non-hydrogen) atoms. The first kappa shape index (κ1) is 25.0. The molecule has 0 aliphatic carbocycles. The molecule has 1 N–H and O–H groups in total. The number of rotatable bonds is 11. The fourth-order valence-corrected chi connectivity index (χ4v) is 5.60. The van der Waals surface area contributed by atoms with Crippen molar-refractivity contribution < 1.29 is 17.9 Å². The van der Waals surface area contributed by atoms with Crippen LogP contribution in [0.1, 0.15) is 6.42 Å². The average molecular weight is 505 g/mol. The third-order valence-corrected chi connectivity index (χ3v) is 7.88. The summed E-state index contributed by atoms with van der Waals surface area (Å²) in [5.41, 5.74) is 0.277. The maximum atomic E-state index is 13.3. The Bertz CT molecular complexity index is 1160. The van der Waals surface area contributed by atoms with Crippen molar-refractivity contribution in [3.63, 3.8) is 0 Å². The molecule has 3 aromatic rings. The van der Waals surface area contributed by atoms with Crippen LogP contribution in [0.3, 0.4) is 0 Å². The van der Waals surface area contributed by atoms with Crippen molar-refractivity contribution in [3.8, 4) is 5.75 Å². The Morgan fingerprint density at radius 1 is 1.03 bits per heavy atom. The van der Waals surface area contributed by atoms with Gasteiger partial charge >= 0.3 is 0 Å². The van der Waals surface area contributed by atoms with Gasteiger partial charge in [-0.05, 0) is 54.6 Å². The standard InChI is InChI=1S/C24H25ClN2O4S2/c1-31-23-14-13-19(17-22(23)25)27(33(29,30)21-11-6-3-7-12-21)18-24(28)26-15-8-16-32-20-9-4-2-5-10-20/h2-7,9-14,17H,8,15-16,18H2,1H3,(H,26,28). The summed E-state index contributed by atoms with van der Waals surface area (Å²) in [4.78, 5) is 13.9. The molecular weight excluding hydrogens is 480 g/mol. The van der Waals surface area contributed by atoms with Crippen LogP contribution in [0.4, 0.5) is 5.69 Å². The largest absolute Gasteiger partial charge is 0.495 e. The van der Waals surface area contributed by atoms with E-state index in [1.54, 1.807) is 42.1 Å². The van der Waals surface area contributed by atoms with Gasteiger partial charge in [0.15, 0.2) is 0 Å². The lowest BCUT2D eigenvalue weighted by molar-refractivity contribution is -0.119. The number of benzene rings is 3. The molecule has 1 amide bonds. The summed E-state index contributed by atoms with van der Waals surface area (Å²) in [6.45, 7) is 0.0764. The fourth-order valence-electron chi connectivity index (χ4n) is 3.04. The van der Waals surface area contributed by atoms with Crippen molar-refractivity contribution in [2.45, 2.75) is 16.2 Å². The number of nitrogens with one attached hydrogen (secondary N) is 1. The smallest absolute Gasteiger partial charge is 0.264 e. The Labute approximate surface area is 204 Å². The second-order valence-electron chi connectivity index (χ2n) is 7.01. The summed E-state index contributed by atoms with van der Waals surface area (Å²) in [7, 11) is -2.51. The molecule has 9 heteroatoms. The zero-order valence-electron chi connectivity index (χ0n) is 18.1. The molecule has 0 aromatic heterocycles. The Morgan fingerprint density at radius 3 is 2.33 bits per heavy atom. The number of nitrogens with zero attached hydrogens (tertiary/aromatic N) is 1. The number of thioether (sulfide) groups is 1. The second-order valence-corrected chi connectivity index (χ2v) is 10.4. The van der Waals surface area contributed by atoms with Gasteiger partial charge in [-0.2, -0.15) is 0 Å². The SMILES string of the molecule is COc1ccc(N(CC(=O)NCCCSc2ccccc2)S(=O)(=O)c2ccccc2)cc1Cl. The van der Waals surface area contributed by atoms with E-state index in [0.717, 1.165) is 16.5 Å². The Kier molecular flexibility index (Phi) is 9.05. The van der Waals surface area contributed by atoms with E-state index in [-0.39, 0.29) is 22.2 Å². The van der Waals surface area contributed by atoms with Crippen LogP contribution in [0.2, 0.25) is 5.02 Å². The molecule has 174 valence electrons. The Hall–Kier alpha value is -2.68. The molecule has 0 unspecified atom stereocenters. The average Bonchev–Trinajstić information content (AvgIpc) is 2.83. The molecule has 0 fully saturated rings. The maximum Gasteiger partial charge on any atom is 0.264 e. The highest BCUT2D eigenvalue weighted by molar-refractivity contribution is 7.99. The Balaban J connectivity index is 1.69. The van der Waals surface area contributed by atoms with Crippen LogP contribution in [0.25, 0.3) is 0 Å². The first-order chi connectivity index (χ1) is 15.9. The van der Waals surface area contributed by atoms with Gasteiger partial charge in [0.1, 0.15) is 12.3 Å². The van der Waals surface area contributed by atoms with Crippen LogP contribution in [0.5, 0.6) is 5.75 Å². The van der Waals surface area contributed by atoms with Gasteiger partial charge in [0.2, 0.25) is 5.91 Å². The normalized spacial score (nSPS) is 11.1. The molecule has 6 nitrogen and oxygen atoms in total. The third kappa shape index (κ3) is 6.90. The van der Waals surface area contributed by atoms with E-state index in [2.05, 4.69) is 5.32 Å². The third-order valence-electron chi connectivity index (χ3n) is 4.70. The van der Waals surface area contributed by atoms with Gasteiger partial charge in [-0.25, -0.2) is 8.42 Å². The van der Waals surface area contributed by atoms with Crippen LogP contribution < -0.4 is 14.4 Å². The van der Waals surface area contributed by atoms with E-state index < -0.39 is 15.9 Å². The molecule has 0 aliphatic heterocycles. The van der Waals surface area contributed by atoms with Gasteiger partial charge in [-0.1, -0.05) is 48.0 Å². The van der Waals surface area contributed by atoms with Crippen molar-refractivity contribution in [1.29, 1.82) is 0 Å². The Morgan fingerprint density at radius 2 is 1.70 bits per heavy atom. The van der Waals surface area contributed by atoms with E-state index >= 15 is 0 Å². The van der Waals surface area contributed by atoms with Crippen LogP contribution in [-0.4, -0.2) is 40.3 Å². The number of hydrogen-bond donors (Lipinski definition) is 1. The molecular formula is C24H25ClN2O4S2. The molecule has 3 rings (SSSR count). The number of hydrogen-bond acceptors (Lipinski definition) is 5. The quantitative estimate of drug-likeness (QED) is 0.298. The molecule has 0 aliphatic rings. The summed E-state index contributed by atoms with van der Waals surface area (Å²) >= 11 is 7.93. The van der Waals surface area contributed by atoms with Crippen molar-refractivity contribution in [1.82, 2.24) is 5.32 Å². The summed E-state index contributed by atoms with van der Waals surface area (Å²) in [6, 6.07) is 22.6. The van der Waals surface area contributed by atoms with E-state index in [1.807, 2.05) is 30.3 Å². The molecule has 0 bridgehead atoms. The van der Waals surface area contributed by atoms with Crippen LogP contribution in [0.15, 0.2) is 88.7 Å². The number of carbonyl (C=O) groups excluding carboxylic acids is 1. The van der Waals surface area contributed by atoms with Gasteiger partial charge in [0, 0.05) is 11.4 Å². The summed E-state index contributed by atoms with van der Waals surface area (Å²) < 4.78 is 32.9. The van der Waals surface area contributed by atoms with Crippen LogP contribution in [-0.2, 0) is 14.8 Å². The van der Waals surface area contributed by atoms with Crippen molar-refractivity contribution >= 4 is 45.0 Å². The monoisotopic (exact) mass is 504 g/mol. The number of sulfonamides is 1. The predicted octanol–water partition coefficient (Wildman–Crippen LogP) is 4.84. The highest BCUT2D eigenvalue weighted by Gasteiger charge is 2.27. The van der Waals surface area contributed by atoms with Gasteiger partial charge in [0.05, 0.1) is 22.7 Å². The van der Waals surface area contributed by atoms with Crippen molar-refractivity contribution in [3.05, 3.63) is 83.9 Å². The second kappa shape index (κ2) is 12.0. The van der Waals surface area contributed by atoms with Crippen molar-refractivity contribution in [2.75, 3.05) is 30.3 Å². The molecule has 0 radical (unpaired) electrons. The van der Waals surface area contributed by atoms with E-state index in [1.165, 1.54) is 30.2 Å². The van der Waals surface area contributed by atoms with Gasteiger partial charge < -0.3 is 10.1 Å². The lowest BCUT2D eigenvalue weighted by Crippen LogP contribution is -2.41. The van der Waals surface area contributed by atoms with E-state index in [4.69, 9.17) is 16.3 Å². The zero-order valence-corrected chi connectivity index (χ0v) is 20.5. The first-order valence-corrected chi connectivity index (χ1v) is 13.1. The summed E-state index contributed by atoms with van der Waals surface area (Å²) in [6.07, 6.45) is 0.755. The number of ether oxygens (including phenoxy) is 1. The molecule has 0 saturated carbocycles. The topological polar surface area (TPSA) is 75.7 Å². The minimum absolute atomic E-state index is 0.0870. The molecule has 0 heterocycles. The first-order valence-electron chi connectivity index (χ1n) is 10.3. The minimum atomic E-state index is -3.99. The van der Waals surface area contributed by atoms with Crippen LogP contribution >= 0.6 is 23.4 Å². The number of halogens is 1. The lowest BCUT2D eigenvalue weighted by Gasteiger charge is -2.24. The maximum absolute atomic E-state index is 13.3. The lowest BCUT2D eigenvalue weighted by atomic mass is 10.3. The fraction of sp³-hybridized carbons (Fsp3) is 0.208. The number of carbonyl (C=O) groups is 1. The minimum Gasteiger partial charge on any atom is -0.495 e. The molecule has 0 saturated heterocycles. The number of anilines is 1. The number of amides is 1. The molecule has 0 spiro atoms. The number of methoxy groups -OCH3 is 1. The zero-order chi connectivity index (χ0) is 23.7. The summed E-state index contributed by atoms with van der Waals surface area (Å²) in [5.74, 6) is 0.855. The van der Waals surface area contributed by atoms with E-state index in [9.17, 15) is 13.2 Å². The van der Waals surface area contributed by atoms with Gasteiger partial charge in [-0.15, -0.1) is 11.8 Å². The molecule has 0 atom stereocenters. The van der Waals surface area contributed by atoms with Gasteiger partial charge in [0.25, 0.3) is 10.0 Å². The molecule has 3 aromatic carbocycles. The van der Waals surface area contributed by atoms with E-state index in [0.29, 0.717) is 12.3 Å².